The van der Waals surface area contributed by atoms with Crippen molar-refractivity contribution in [3.05, 3.63) is 41.8 Å². The van der Waals surface area contributed by atoms with Gasteiger partial charge >= 0.3 is 6.01 Å². The third-order valence-corrected chi connectivity index (χ3v) is 3.69. The maximum atomic E-state index is 12.1. The third kappa shape index (κ3) is 3.44. The molecular weight excluding hydrogens is 280 g/mol. The van der Waals surface area contributed by atoms with Crippen LogP contribution < -0.4 is 5.32 Å². The average molecular weight is 300 g/mol. The van der Waals surface area contributed by atoms with Crippen molar-refractivity contribution in [1.82, 2.24) is 15.1 Å². The number of aromatic nitrogens is 2. The van der Waals surface area contributed by atoms with Gasteiger partial charge in [0.25, 0.3) is 0 Å². The molecule has 1 aromatic carbocycles. The van der Waals surface area contributed by atoms with Crippen molar-refractivity contribution >= 4 is 11.9 Å². The first kappa shape index (κ1) is 14.6. The van der Waals surface area contributed by atoms with Crippen molar-refractivity contribution in [3.8, 4) is 0 Å². The molecule has 1 aliphatic rings. The number of amides is 1. The second-order valence-electron chi connectivity index (χ2n) is 5.56. The van der Waals surface area contributed by atoms with Gasteiger partial charge in [0.2, 0.25) is 11.8 Å². The monoisotopic (exact) mass is 300 g/mol. The summed E-state index contributed by atoms with van der Waals surface area (Å²) in [5.74, 6) is 0.783. The number of rotatable bonds is 6. The zero-order chi connectivity index (χ0) is 15.4. The molecular formula is C16H20N4O2. The Labute approximate surface area is 129 Å². The van der Waals surface area contributed by atoms with E-state index in [-0.39, 0.29) is 11.9 Å². The van der Waals surface area contributed by atoms with Crippen molar-refractivity contribution in [2.45, 2.75) is 38.8 Å². The van der Waals surface area contributed by atoms with Crippen LogP contribution >= 0.6 is 0 Å². The molecule has 116 valence electrons. The molecule has 0 spiro atoms. The number of hydrogen-bond acceptors (Lipinski definition) is 5. The molecule has 1 N–H and O–H groups in total. The molecule has 2 heterocycles. The smallest absolute Gasteiger partial charge is 0.315 e. The van der Waals surface area contributed by atoms with E-state index < -0.39 is 0 Å². The normalized spacial score (nSPS) is 18.0. The Kier molecular flexibility index (Phi) is 4.37. The first-order valence-electron chi connectivity index (χ1n) is 7.65. The number of likely N-dealkylation sites (tertiary alicyclic amines) is 1. The van der Waals surface area contributed by atoms with E-state index in [0.717, 1.165) is 18.4 Å². The van der Waals surface area contributed by atoms with E-state index in [2.05, 4.69) is 22.4 Å². The number of anilines is 1. The SMILES string of the molecule is CCCc1nnc(NC2CC(=O)N(Cc3ccccc3)C2)o1. The molecule has 0 aliphatic carbocycles. The fourth-order valence-electron chi connectivity index (χ4n) is 2.63. The molecule has 0 bridgehead atoms. The van der Waals surface area contributed by atoms with Gasteiger partial charge in [-0.15, -0.1) is 5.10 Å². The second-order valence-corrected chi connectivity index (χ2v) is 5.56. The lowest BCUT2D eigenvalue weighted by Gasteiger charge is -2.16. The summed E-state index contributed by atoms with van der Waals surface area (Å²) in [7, 11) is 0. The Hall–Kier alpha value is -2.37. The Morgan fingerprint density at radius 2 is 2.14 bits per heavy atom. The quantitative estimate of drug-likeness (QED) is 0.886. The standard InChI is InChI=1S/C16H20N4O2/c1-2-6-14-18-19-16(22-14)17-13-9-15(21)20(11-13)10-12-7-4-3-5-8-12/h3-5,7-8,13H,2,6,9-11H2,1H3,(H,17,19). The van der Waals surface area contributed by atoms with Crippen molar-refractivity contribution in [1.29, 1.82) is 0 Å². The zero-order valence-electron chi connectivity index (χ0n) is 12.7. The number of nitrogens with one attached hydrogen (secondary N) is 1. The van der Waals surface area contributed by atoms with Gasteiger partial charge in [-0.3, -0.25) is 4.79 Å². The summed E-state index contributed by atoms with van der Waals surface area (Å²) in [6, 6.07) is 10.4. The highest BCUT2D eigenvalue weighted by molar-refractivity contribution is 5.79. The molecule has 1 saturated heterocycles. The lowest BCUT2D eigenvalue weighted by molar-refractivity contribution is -0.128. The molecule has 1 fully saturated rings. The highest BCUT2D eigenvalue weighted by atomic mass is 16.4. The molecule has 3 rings (SSSR count). The van der Waals surface area contributed by atoms with Crippen LogP contribution in [0.5, 0.6) is 0 Å². The number of aryl methyl sites for hydroxylation is 1. The topological polar surface area (TPSA) is 71.3 Å². The second kappa shape index (κ2) is 6.60. The predicted molar refractivity (Wildman–Crippen MR) is 82.2 cm³/mol. The van der Waals surface area contributed by atoms with Crippen molar-refractivity contribution in [2.75, 3.05) is 11.9 Å². The van der Waals surface area contributed by atoms with Crippen LogP contribution in [-0.2, 0) is 17.8 Å². The van der Waals surface area contributed by atoms with Gasteiger partial charge in [-0.2, -0.15) is 0 Å². The lowest BCUT2D eigenvalue weighted by atomic mass is 10.2. The van der Waals surface area contributed by atoms with E-state index >= 15 is 0 Å². The summed E-state index contributed by atoms with van der Waals surface area (Å²) < 4.78 is 5.51. The Bertz CT molecular complexity index is 626. The molecule has 1 atom stereocenters. The average Bonchev–Trinajstić information content (AvgIpc) is 3.08. The molecule has 6 nitrogen and oxygen atoms in total. The highest BCUT2D eigenvalue weighted by Crippen LogP contribution is 2.18. The number of carbonyl (C=O) groups is 1. The van der Waals surface area contributed by atoms with E-state index in [1.807, 2.05) is 35.2 Å². The minimum Gasteiger partial charge on any atom is -0.408 e. The van der Waals surface area contributed by atoms with Gasteiger partial charge in [0, 0.05) is 25.9 Å². The van der Waals surface area contributed by atoms with Gasteiger partial charge in [0.1, 0.15) is 0 Å². The number of carbonyl (C=O) groups excluding carboxylic acids is 1. The summed E-state index contributed by atoms with van der Waals surface area (Å²) in [6.45, 7) is 3.36. The van der Waals surface area contributed by atoms with E-state index in [1.165, 1.54) is 0 Å². The zero-order valence-corrected chi connectivity index (χ0v) is 12.7. The van der Waals surface area contributed by atoms with Gasteiger partial charge in [-0.1, -0.05) is 42.4 Å². The van der Waals surface area contributed by atoms with Crippen LogP contribution in [0.1, 0.15) is 31.2 Å². The fraction of sp³-hybridized carbons (Fsp3) is 0.438. The number of nitrogens with zero attached hydrogens (tertiary/aromatic N) is 3. The van der Waals surface area contributed by atoms with E-state index in [4.69, 9.17) is 4.42 Å². The highest BCUT2D eigenvalue weighted by Gasteiger charge is 2.30. The first-order valence-corrected chi connectivity index (χ1v) is 7.65. The predicted octanol–water partition coefficient (Wildman–Crippen LogP) is 2.24. The van der Waals surface area contributed by atoms with Gasteiger partial charge in [-0.25, -0.2) is 0 Å². The molecule has 22 heavy (non-hydrogen) atoms. The minimum absolute atomic E-state index is 0.0196. The third-order valence-electron chi connectivity index (χ3n) is 3.69. The van der Waals surface area contributed by atoms with E-state index in [9.17, 15) is 4.79 Å². The van der Waals surface area contributed by atoms with Crippen molar-refractivity contribution < 1.29 is 9.21 Å². The molecule has 1 unspecified atom stereocenters. The van der Waals surface area contributed by atoms with Crippen molar-refractivity contribution in [2.24, 2.45) is 0 Å². The minimum atomic E-state index is 0.0196. The molecule has 0 saturated carbocycles. The lowest BCUT2D eigenvalue weighted by Crippen LogP contribution is -2.27. The summed E-state index contributed by atoms with van der Waals surface area (Å²) in [5, 5.41) is 11.1. The summed E-state index contributed by atoms with van der Waals surface area (Å²) >= 11 is 0. The van der Waals surface area contributed by atoms with Crippen LogP contribution in [0.15, 0.2) is 34.7 Å². The van der Waals surface area contributed by atoms with Gasteiger partial charge < -0.3 is 14.6 Å². The van der Waals surface area contributed by atoms with Crippen LogP contribution in [0.25, 0.3) is 0 Å². The van der Waals surface area contributed by atoms with Crippen LogP contribution in [0, 0.1) is 0 Å². The van der Waals surface area contributed by atoms with Crippen molar-refractivity contribution in [3.63, 3.8) is 0 Å². The Morgan fingerprint density at radius 1 is 1.32 bits per heavy atom. The molecule has 2 aromatic rings. The van der Waals surface area contributed by atoms with Gasteiger partial charge in [-0.05, 0) is 12.0 Å². The maximum Gasteiger partial charge on any atom is 0.315 e. The molecule has 1 aromatic heterocycles. The van der Waals surface area contributed by atoms with Crippen LogP contribution in [0.2, 0.25) is 0 Å². The molecule has 1 amide bonds. The van der Waals surface area contributed by atoms with Crippen LogP contribution in [0.3, 0.4) is 0 Å². The summed E-state index contributed by atoms with van der Waals surface area (Å²) in [6.07, 6.45) is 2.20. The van der Waals surface area contributed by atoms with E-state index in [0.29, 0.717) is 31.4 Å². The largest absolute Gasteiger partial charge is 0.408 e. The Balaban J connectivity index is 1.57. The maximum absolute atomic E-state index is 12.1. The summed E-state index contributed by atoms with van der Waals surface area (Å²) in [5.41, 5.74) is 1.14. The van der Waals surface area contributed by atoms with Gasteiger partial charge in [0.05, 0.1) is 6.04 Å². The molecule has 1 aliphatic heterocycles. The molecule has 0 radical (unpaired) electrons. The number of hydrogen-bond donors (Lipinski definition) is 1. The summed E-state index contributed by atoms with van der Waals surface area (Å²) in [4.78, 5) is 14.0. The Morgan fingerprint density at radius 3 is 2.91 bits per heavy atom. The number of benzene rings is 1. The van der Waals surface area contributed by atoms with E-state index in [1.54, 1.807) is 0 Å². The van der Waals surface area contributed by atoms with Gasteiger partial charge in [0.15, 0.2) is 0 Å². The van der Waals surface area contributed by atoms with Crippen LogP contribution in [-0.4, -0.2) is 33.6 Å². The molecule has 6 heteroatoms. The van der Waals surface area contributed by atoms with Crippen LogP contribution in [0.4, 0.5) is 6.01 Å². The fourth-order valence-corrected chi connectivity index (χ4v) is 2.63. The first-order chi connectivity index (χ1) is 10.7.